The van der Waals surface area contributed by atoms with E-state index in [-0.39, 0.29) is 12.4 Å². The zero-order valence-corrected chi connectivity index (χ0v) is 10.2. The summed E-state index contributed by atoms with van der Waals surface area (Å²) in [7, 11) is 0. The van der Waals surface area contributed by atoms with Gasteiger partial charge in [0, 0.05) is 24.7 Å². The van der Waals surface area contributed by atoms with Crippen LogP contribution in [0.2, 0.25) is 0 Å². The number of hydrogen-bond acceptors (Lipinski definition) is 2. The first-order valence-corrected chi connectivity index (χ1v) is 5.64. The van der Waals surface area contributed by atoms with Gasteiger partial charge in [0.1, 0.15) is 5.82 Å². The number of nitrogens with zero attached hydrogens (tertiary/aromatic N) is 1. The summed E-state index contributed by atoms with van der Waals surface area (Å²) in [6.45, 7) is 7.27. The Morgan fingerprint density at radius 1 is 1.38 bits per heavy atom. The van der Waals surface area contributed by atoms with Crippen molar-refractivity contribution in [2.75, 3.05) is 13.2 Å². The lowest BCUT2D eigenvalue weighted by molar-refractivity contribution is 0.158. The number of halogens is 1. The molecule has 0 bridgehead atoms. The molecule has 0 aliphatic carbocycles. The number of hydrogen-bond donors (Lipinski definition) is 1. The van der Waals surface area contributed by atoms with E-state index in [1.165, 1.54) is 6.07 Å². The van der Waals surface area contributed by atoms with Crippen LogP contribution in [0.15, 0.2) is 18.2 Å². The van der Waals surface area contributed by atoms with E-state index in [1.807, 2.05) is 26.8 Å². The molecule has 1 N–H and O–H groups in total. The van der Waals surface area contributed by atoms with Crippen molar-refractivity contribution < 1.29 is 9.50 Å². The average molecular weight is 225 g/mol. The van der Waals surface area contributed by atoms with Gasteiger partial charge in [0.25, 0.3) is 0 Å². The molecule has 1 aromatic rings. The smallest absolute Gasteiger partial charge is 0.127 e. The van der Waals surface area contributed by atoms with E-state index in [9.17, 15) is 4.39 Å². The maximum absolute atomic E-state index is 13.5. The maximum Gasteiger partial charge on any atom is 0.127 e. The SMILES string of the molecule is Cc1ccc(F)c(CN(CCO)C(C)C)c1. The Morgan fingerprint density at radius 3 is 2.62 bits per heavy atom. The first-order chi connectivity index (χ1) is 7.54. The van der Waals surface area contributed by atoms with Gasteiger partial charge >= 0.3 is 0 Å². The summed E-state index contributed by atoms with van der Waals surface area (Å²) in [6, 6.07) is 5.43. The highest BCUT2D eigenvalue weighted by atomic mass is 19.1. The van der Waals surface area contributed by atoms with Crippen molar-refractivity contribution in [2.45, 2.75) is 33.4 Å². The Labute approximate surface area is 96.7 Å². The molecule has 3 heteroatoms. The summed E-state index contributed by atoms with van der Waals surface area (Å²) in [5.74, 6) is -0.172. The fraction of sp³-hybridized carbons (Fsp3) is 0.538. The van der Waals surface area contributed by atoms with Crippen LogP contribution in [0, 0.1) is 12.7 Å². The second kappa shape index (κ2) is 5.97. The molecule has 0 saturated heterocycles. The van der Waals surface area contributed by atoms with Crippen molar-refractivity contribution in [3.63, 3.8) is 0 Å². The minimum Gasteiger partial charge on any atom is -0.395 e. The molecule has 0 spiro atoms. The number of aryl methyl sites for hydroxylation is 1. The van der Waals surface area contributed by atoms with Gasteiger partial charge < -0.3 is 5.11 Å². The van der Waals surface area contributed by atoms with Gasteiger partial charge in [-0.2, -0.15) is 0 Å². The van der Waals surface area contributed by atoms with Crippen molar-refractivity contribution in [2.24, 2.45) is 0 Å². The van der Waals surface area contributed by atoms with Gasteiger partial charge in [-0.25, -0.2) is 4.39 Å². The van der Waals surface area contributed by atoms with Crippen LogP contribution in [0.25, 0.3) is 0 Å². The van der Waals surface area contributed by atoms with E-state index in [4.69, 9.17) is 5.11 Å². The van der Waals surface area contributed by atoms with Gasteiger partial charge in [0.2, 0.25) is 0 Å². The molecule has 16 heavy (non-hydrogen) atoms. The van der Waals surface area contributed by atoms with Crippen LogP contribution < -0.4 is 0 Å². The molecule has 0 aliphatic rings. The van der Waals surface area contributed by atoms with E-state index < -0.39 is 0 Å². The maximum atomic E-state index is 13.5. The van der Waals surface area contributed by atoms with Crippen molar-refractivity contribution in [1.82, 2.24) is 4.90 Å². The number of benzene rings is 1. The van der Waals surface area contributed by atoms with Crippen molar-refractivity contribution in [1.29, 1.82) is 0 Å². The van der Waals surface area contributed by atoms with E-state index in [1.54, 1.807) is 6.07 Å². The molecule has 0 heterocycles. The highest BCUT2D eigenvalue weighted by molar-refractivity contribution is 5.24. The molecule has 0 radical (unpaired) electrons. The molecule has 0 aromatic heterocycles. The summed E-state index contributed by atoms with van der Waals surface area (Å²) < 4.78 is 13.5. The molecule has 1 rings (SSSR count). The van der Waals surface area contributed by atoms with Gasteiger partial charge in [-0.1, -0.05) is 17.7 Å². The summed E-state index contributed by atoms with van der Waals surface area (Å²) in [5, 5.41) is 8.95. The van der Waals surface area contributed by atoms with E-state index in [0.29, 0.717) is 24.7 Å². The van der Waals surface area contributed by atoms with Crippen LogP contribution >= 0.6 is 0 Å². The molecule has 0 aliphatic heterocycles. The molecule has 0 fully saturated rings. The van der Waals surface area contributed by atoms with Crippen LogP contribution in [0.4, 0.5) is 4.39 Å². The lowest BCUT2D eigenvalue weighted by Crippen LogP contribution is -2.33. The fourth-order valence-electron chi connectivity index (χ4n) is 1.69. The van der Waals surface area contributed by atoms with Crippen molar-refractivity contribution in [3.05, 3.63) is 35.1 Å². The van der Waals surface area contributed by atoms with E-state index in [0.717, 1.165) is 5.56 Å². The number of aliphatic hydroxyl groups excluding tert-OH is 1. The predicted octanol–water partition coefficient (Wildman–Crippen LogP) is 2.34. The van der Waals surface area contributed by atoms with E-state index in [2.05, 4.69) is 4.90 Å². The van der Waals surface area contributed by atoms with Crippen molar-refractivity contribution in [3.8, 4) is 0 Å². The third-order valence-corrected chi connectivity index (χ3v) is 2.69. The summed E-state index contributed by atoms with van der Waals surface area (Å²) in [5.41, 5.74) is 1.76. The number of aliphatic hydroxyl groups is 1. The topological polar surface area (TPSA) is 23.5 Å². The number of rotatable bonds is 5. The molecule has 0 saturated carbocycles. The Kier molecular flexibility index (Phi) is 4.90. The first kappa shape index (κ1) is 13.1. The normalized spacial score (nSPS) is 11.4. The second-order valence-corrected chi connectivity index (χ2v) is 4.38. The minimum absolute atomic E-state index is 0.103. The molecule has 0 unspecified atom stereocenters. The van der Waals surface area contributed by atoms with Crippen molar-refractivity contribution >= 4 is 0 Å². The minimum atomic E-state index is -0.172. The Balaban J connectivity index is 2.80. The predicted molar refractivity (Wildman–Crippen MR) is 63.8 cm³/mol. The quantitative estimate of drug-likeness (QED) is 0.831. The molecule has 1 aromatic carbocycles. The van der Waals surface area contributed by atoms with Gasteiger partial charge in [-0.15, -0.1) is 0 Å². The summed E-state index contributed by atoms with van der Waals surface area (Å²) >= 11 is 0. The monoisotopic (exact) mass is 225 g/mol. The van der Waals surface area contributed by atoms with Gasteiger partial charge in [-0.3, -0.25) is 4.90 Å². The third-order valence-electron chi connectivity index (χ3n) is 2.69. The van der Waals surface area contributed by atoms with Gasteiger partial charge in [-0.05, 0) is 26.8 Å². The van der Waals surface area contributed by atoms with Gasteiger partial charge in [0.05, 0.1) is 6.61 Å². The third kappa shape index (κ3) is 3.58. The highest BCUT2D eigenvalue weighted by Gasteiger charge is 2.12. The Morgan fingerprint density at radius 2 is 2.06 bits per heavy atom. The first-order valence-electron chi connectivity index (χ1n) is 5.64. The lowest BCUT2D eigenvalue weighted by atomic mass is 10.1. The molecular formula is C13H20FNO. The molecule has 0 atom stereocenters. The van der Waals surface area contributed by atoms with E-state index >= 15 is 0 Å². The van der Waals surface area contributed by atoms with Crippen LogP contribution in [0.3, 0.4) is 0 Å². The Hall–Kier alpha value is -0.930. The average Bonchev–Trinajstić information content (AvgIpc) is 2.22. The van der Waals surface area contributed by atoms with Gasteiger partial charge in [0.15, 0.2) is 0 Å². The highest BCUT2D eigenvalue weighted by Crippen LogP contribution is 2.14. The van der Waals surface area contributed by atoms with Crippen LogP contribution in [-0.4, -0.2) is 29.2 Å². The van der Waals surface area contributed by atoms with Crippen LogP contribution in [-0.2, 0) is 6.54 Å². The largest absolute Gasteiger partial charge is 0.395 e. The molecule has 2 nitrogen and oxygen atoms in total. The lowest BCUT2D eigenvalue weighted by Gasteiger charge is -2.25. The zero-order chi connectivity index (χ0) is 12.1. The fourth-order valence-corrected chi connectivity index (χ4v) is 1.69. The second-order valence-electron chi connectivity index (χ2n) is 4.38. The summed E-state index contributed by atoms with van der Waals surface area (Å²) in [6.07, 6.45) is 0. The molecular weight excluding hydrogens is 205 g/mol. The zero-order valence-electron chi connectivity index (χ0n) is 10.2. The molecule has 90 valence electrons. The summed E-state index contributed by atoms with van der Waals surface area (Å²) in [4.78, 5) is 2.05. The Bertz CT molecular complexity index is 339. The molecule has 0 amide bonds. The standard InChI is InChI=1S/C13H20FNO/c1-10(2)15(6-7-16)9-12-8-11(3)4-5-13(12)14/h4-5,8,10,16H,6-7,9H2,1-3H3. The van der Waals surface area contributed by atoms with Crippen LogP contribution in [0.1, 0.15) is 25.0 Å². The van der Waals surface area contributed by atoms with Crippen LogP contribution in [0.5, 0.6) is 0 Å².